The minimum Gasteiger partial charge on any atom is -0.342 e. The molecule has 1 atom stereocenters. The standard InChI is InChI=1S/C15H22N4O/c1-11(2)13(16)6-8-18(3)15(20)12-4-5-14-17-7-9-19(14)10-12/h4-5,7,9-11,13H,6,8,16H2,1-3H3. The molecule has 20 heavy (non-hydrogen) atoms. The number of rotatable bonds is 5. The summed E-state index contributed by atoms with van der Waals surface area (Å²) < 4.78 is 1.85. The van der Waals surface area contributed by atoms with E-state index in [-0.39, 0.29) is 11.9 Å². The van der Waals surface area contributed by atoms with Gasteiger partial charge >= 0.3 is 0 Å². The van der Waals surface area contributed by atoms with Gasteiger partial charge in [0.05, 0.1) is 5.56 Å². The van der Waals surface area contributed by atoms with E-state index in [9.17, 15) is 4.79 Å². The summed E-state index contributed by atoms with van der Waals surface area (Å²) in [6.45, 7) is 4.86. The molecule has 0 fully saturated rings. The highest BCUT2D eigenvalue weighted by molar-refractivity contribution is 5.94. The van der Waals surface area contributed by atoms with Crippen molar-refractivity contribution in [2.45, 2.75) is 26.3 Å². The van der Waals surface area contributed by atoms with Crippen LogP contribution in [0.4, 0.5) is 0 Å². The SMILES string of the molecule is CC(C)C(N)CCN(C)C(=O)c1ccc2nccn2c1. The Morgan fingerprint density at radius 2 is 2.20 bits per heavy atom. The third kappa shape index (κ3) is 3.17. The molecule has 2 rings (SSSR count). The number of aromatic nitrogens is 2. The Morgan fingerprint density at radius 3 is 2.90 bits per heavy atom. The van der Waals surface area contributed by atoms with Gasteiger partial charge < -0.3 is 15.0 Å². The van der Waals surface area contributed by atoms with Crippen molar-refractivity contribution < 1.29 is 4.79 Å². The van der Waals surface area contributed by atoms with Crippen molar-refractivity contribution in [2.24, 2.45) is 11.7 Å². The largest absolute Gasteiger partial charge is 0.342 e. The van der Waals surface area contributed by atoms with E-state index in [2.05, 4.69) is 18.8 Å². The van der Waals surface area contributed by atoms with Crippen LogP contribution in [-0.2, 0) is 0 Å². The minimum atomic E-state index is 0.0107. The van der Waals surface area contributed by atoms with E-state index in [4.69, 9.17) is 5.73 Å². The van der Waals surface area contributed by atoms with Crippen LogP contribution in [0.1, 0.15) is 30.6 Å². The van der Waals surface area contributed by atoms with Crippen molar-refractivity contribution >= 4 is 11.6 Å². The lowest BCUT2D eigenvalue weighted by Gasteiger charge is -2.21. The average Bonchev–Trinajstić information content (AvgIpc) is 2.90. The molecule has 0 radical (unpaired) electrons. The van der Waals surface area contributed by atoms with Crippen LogP contribution in [0, 0.1) is 5.92 Å². The molecule has 0 aromatic carbocycles. The lowest BCUT2D eigenvalue weighted by molar-refractivity contribution is 0.0788. The molecule has 0 spiro atoms. The van der Waals surface area contributed by atoms with E-state index >= 15 is 0 Å². The second-order valence-corrected chi connectivity index (χ2v) is 5.53. The zero-order valence-electron chi connectivity index (χ0n) is 12.3. The average molecular weight is 274 g/mol. The lowest BCUT2D eigenvalue weighted by atomic mass is 10.0. The van der Waals surface area contributed by atoms with Gasteiger partial charge in [-0.05, 0) is 24.5 Å². The highest BCUT2D eigenvalue weighted by atomic mass is 16.2. The molecule has 0 aliphatic heterocycles. The van der Waals surface area contributed by atoms with Crippen LogP contribution >= 0.6 is 0 Å². The molecule has 108 valence electrons. The van der Waals surface area contributed by atoms with Crippen molar-refractivity contribution in [1.82, 2.24) is 14.3 Å². The van der Waals surface area contributed by atoms with E-state index in [1.165, 1.54) is 0 Å². The summed E-state index contributed by atoms with van der Waals surface area (Å²) in [5.41, 5.74) is 7.52. The molecular weight excluding hydrogens is 252 g/mol. The van der Waals surface area contributed by atoms with Crippen molar-refractivity contribution in [3.63, 3.8) is 0 Å². The first kappa shape index (κ1) is 14.5. The van der Waals surface area contributed by atoms with Crippen LogP contribution < -0.4 is 5.73 Å². The minimum absolute atomic E-state index is 0.0107. The number of nitrogens with two attached hydrogens (primary N) is 1. The highest BCUT2D eigenvalue weighted by Crippen LogP contribution is 2.09. The summed E-state index contributed by atoms with van der Waals surface area (Å²) >= 11 is 0. The number of carbonyl (C=O) groups is 1. The third-order valence-corrected chi connectivity index (χ3v) is 3.64. The topological polar surface area (TPSA) is 63.6 Å². The summed E-state index contributed by atoms with van der Waals surface area (Å²) in [7, 11) is 1.81. The molecule has 5 heteroatoms. The number of carbonyl (C=O) groups excluding carboxylic acids is 1. The van der Waals surface area contributed by atoms with Gasteiger partial charge in [0.25, 0.3) is 5.91 Å². The number of fused-ring (bicyclic) bond motifs is 1. The molecule has 2 N–H and O–H groups in total. The highest BCUT2D eigenvalue weighted by Gasteiger charge is 2.15. The molecule has 0 aliphatic rings. The van der Waals surface area contributed by atoms with E-state index in [1.807, 2.05) is 36.0 Å². The van der Waals surface area contributed by atoms with E-state index < -0.39 is 0 Å². The Hall–Kier alpha value is -1.88. The molecule has 2 aromatic rings. The molecule has 0 saturated carbocycles. The molecule has 1 unspecified atom stereocenters. The number of amides is 1. The van der Waals surface area contributed by atoms with Gasteiger partial charge in [0.1, 0.15) is 5.65 Å². The maximum absolute atomic E-state index is 12.3. The molecule has 2 aromatic heterocycles. The van der Waals surface area contributed by atoms with Crippen LogP contribution in [0.15, 0.2) is 30.7 Å². The first-order chi connectivity index (χ1) is 9.49. The second kappa shape index (κ2) is 6.05. The Kier molecular flexibility index (Phi) is 4.39. The molecule has 5 nitrogen and oxygen atoms in total. The quantitative estimate of drug-likeness (QED) is 0.904. The summed E-state index contributed by atoms with van der Waals surface area (Å²) in [6, 6.07) is 3.78. The predicted molar refractivity (Wildman–Crippen MR) is 79.6 cm³/mol. The number of hydrogen-bond acceptors (Lipinski definition) is 3. The van der Waals surface area contributed by atoms with Crippen LogP contribution in [0.5, 0.6) is 0 Å². The fourth-order valence-electron chi connectivity index (χ4n) is 2.04. The normalized spacial score (nSPS) is 12.8. The summed E-state index contributed by atoms with van der Waals surface area (Å²) in [6.07, 6.45) is 6.17. The monoisotopic (exact) mass is 274 g/mol. The Labute approximate surface area is 119 Å². The molecule has 0 bridgehead atoms. The predicted octanol–water partition coefficient (Wildman–Crippen LogP) is 1.78. The number of nitrogens with zero attached hydrogens (tertiary/aromatic N) is 3. The zero-order chi connectivity index (χ0) is 14.7. The fourth-order valence-corrected chi connectivity index (χ4v) is 2.04. The van der Waals surface area contributed by atoms with Crippen LogP contribution in [0.3, 0.4) is 0 Å². The van der Waals surface area contributed by atoms with Gasteiger partial charge in [-0.15, -0.1) is 0 Å². The van der Waals surface area contributed by atoms with Gasteiger partial charge in [0.15, 0.2) is 0 Å². The first-order valence-electron chi connectivity index (χ1n) is 6.93. The maximum atomic E-state index is 12.3. The van der Waals surface area contributed by atoms with E-state index in [1.54, 1.807) is 11.1 Å². The summed E-state index contributed by atoms with van der Waals surface area (Å²) in [5, 5.41) is 0. The lowest BCUT2D eigenvalue weighted by Crippen LogP contribution is -2.34. The van der Waals surface area contributed by atoms with Crippen molar-refractivity contribution in [3.8, 4) is 0 Å². The smallest absolute Gasteiger partial charge is 0.255 e. The molecule has 0 aliphatic carbocycles. The van der Waals surface area contributed by atoms with Gasteiger partial charge in [0, 0.05) is 38.2 Å². The van der Waals surface area contributed by atoms with Crippen molar-refractivity contribution in [3.05, 3.63) is 36.3 Å². The van der Waals surface area contributed by atoms with Crippen LogP contribution in [-0.4, -0.2) is 39.8 Å². The summed E-state index contributed by atoms with van der Waals surface area (Å²) in [5.74, 6) is 0.442. The molecule has 2 heterocycles. The van der Waals surface area contributed by atoms with Crippen LogP contribution in [0.2, 0.25) is 0 Å². The number of hydrogen-bond donors (Lipinski definition) is 1. The number of pyridine rings is 1. The van der Waals surface area contributed by atoms with Gasteiger partial charge in [-0.25, -0.2) is 4.98 Å². The Balaban J connectivity index is 2.02. The van der Waals surface area contributed by atoms with Gasteiger partial charge in [-0.3, -0.25) is 4.79 Å². The van der Waals surface area contributed by atoms with Crippen LogP contribution in [0.25, 0.3) is 5.65 Å². The molecule has 0 saturated heterocycles. The zero-order valence-corrected chi connectivity index (χ0v) is 12.3. The van der Waals surface area contributed by atoms with E-state index in [0.717, 1.165) is 12.1 Å². The van der Waals surface area contributed by atoms with E-state index in [0.29, 0.717) is 18.0 Å². The Bertz CT molecular complexity index is 590. The summed E-state index contributed by atoms with van der Waals surface area (Å²) in [4.78, 5) is 18.2. The third-order valence-electron chi connectivity index (χ3n) is 3.64. The van der Waals surface area contributed by atoms with Crippen molar-refractivity contribution in [1.29, 1.82) is 0 Å². The molecule has 1 amide bonds. The van der Waals surface area contributed by atoms with Gasteiger partial charge in [-0.1, -0.05) is 13.8 Å². The second-order valence-electron chi connectivity index (χ2n) is 5.53. The first-order valence-corrected chi connectivity index (χ1v) is 6.93. The maximum Gasteiger partial charge on any atom is 0.255 e. The molecular formula is C15H22N4O. The van der Waals surface area contributed by atoms with Gasteiger partial charge in [0.2, 0.25) is 0 Å². The number of imidazole rings is 1. The van der Waals surface area contributed by atoms with Crippen molar-refractivity contribution in [2.75, 3.05) is 13.6 Å². The Morgan fingerprint density at radius 1 is 1.45 bits per heavy atom. The fraction of sp³-hybridized carbons (Fsp3) is 0.467. The van der Waals surface area contributed by atoms with Gasteiger partial charge in [-0.2, -0.15) is 0 Å².